The molecule has 306 valence electrons. The fraction of sp³-hybridized carbons (Fsp3) is 0.158. The average Bonchev–Trinajstić information content (AvgIpc) is 3.67. The highest BCUT2D eigenvalue weighted by atomic mass is 32.1. The Morgan fingerprint density at radius 3 is 1.74 bits per heavy atom. The number of benzene rings is 6. The Bertz CT molecular complexity index is 2860. The van der Waals surface area contributed by atoms with Gasteiger partial charge in [-0.1, -0.05) is 115 Å². The van der Waals surface area contributed by atoms with Gasteiger partial charge < -0.3 is 9.80 Å². The molecule has 1 aromatic heterocycles. The van der Waals surface area contributed by atoms with Gasteiger partial charge in [-0.2, -0.15) is 4.58 Å². The first-order valence-corrected chi connectivity index (χ1v) is 22.3. The molecule has 0 amide bonds. The lowest BCUT2D eigenvalue weighted by molar-refractivity contribution is -0.435. The molecule has 0 saturated heterocycles. The number of hydrogen-bond acceptors (Lipinski definition) is 3. The van der Waals surface area contributed by atoms with Gasteiger partial charge >= 0.3 is 0 Å². The number of aryl methyl sites for hydroxylation is 5. The zero-order chi connectivity index (χ0) is 43.3. The molecule has 0 bridgehead atoms. The zero-order valence-electron chi connectivity index (χ0n) is 36.8. The van der Waals surface area contributed by atoms with Gasteiger partial charge in [-0.15, -0.1) is 11.3 Å². The van der Waals surface area contributed by atoms with Crippen molar-refractivity contribution >= 4 is 61.7 Å². The summed E-state index contributed by atoms with van der Waals surface area (Å²) in [5, 5.41) is 0.888. The minimum Gasteiger partial charge on any atom is -0.341 e. The molecule has 62 heavy (non-hydrogen) atoms. The third-order valence-corrected chi connectivity index (χ3v) is 13.0. The zero-order valence-corrected chi connectivity index (χ0v) is 37.6. The largest absolute Gasteiger partial charge is 0.341 e. The van der Waals surface area contributed by atoms with Crippen LogP contribution in [-0.4, -0.2) is 23.4 Å². The van der Waals surface area contributed by atoms with Gasteiger partial charge in [0.05, 0.1) is 6.57 Å². The predicted molar refractivity (Wildman–Crippen MR) is 266 cm³/mol. The SMILES string of the molecule is [C-]#[N+]c1c(N(c2ccccc2)c2ccccc2C)sc(C(=C2C=CC(=[N+](CC)c3c(C)cccc3C)C=C2)c2ccc(N(CC)c3c(C)cccc3C)cc2)c1-c1ccccc1. The Hall–Kier alpha value is -7.00. The molecule has 0 atom stereocenters. The molecule has 0 spiro atoms. The normalized spacial score (nSPS) is 12.0. The molecule has 8 rings (SSSR count). The van der Waals surface area contributed by atoms with E-state index >= 15 is 0 Å². The van der Waals surface area contributed by atoms with Gasteiger partial charge in [-0.3, -0.25) is 0 Å². The van der Waals surface area contributed by atoms with E-state index in [-0.39, 0.29) is 0 Å². The maximum Gasteiger partial charge on any atom is 0.229 e. The second kappa shape index (κ2) is 18.3. The molecular formula is C57H53N4S+. The average molecular weight is 826 g/mol. The van der Waals surface area contributed by atoms with Crippen molar-refractivity contribution in [1.29, 1.82) is 0 Å². The summed E-state index contributed by atoms with van der Waals surface area (Å²) in [4.78, 5) is 10.2. The van der Waals surface area contributed by atoms with Gasteiger partial charge in [-0.05, 0) is 124 Å². The van der Waals surface area contributed by atoms with Crippen molar-refractivity contribution < 1.29 is 4.58 Å². The fourth-order valence-electron chi connectivity index (χ4n) is 8.92. The van der Waals surface area contributed by atoms with E-state index in [1.54, 1.807) is 11.3 Å². The Morgan fingerprint density at radius 2 is 1.16 bits per heavy atom. The van der Waals surface area contributed by atoms with E-state index < -0.39 is 0 Å². The molecule has 0 aliphatic heterocycles. The Kier molecular flexibility index (Phi) is 12.3. The van der Waals surface area contributed by atoms with Crippen molar-refractivity contribution in [2.75, 3.05) is 22.9 Å². The van der Waals surface area contributed by atoms with Gasteiger partial charge in [0.2, 0.25) is 17.1 Å². The van der Waals surface area contributed by atoms with Crippen molar-refractivity contribution in [2.24, 2.45) is 0 Å². The van der Waals surface area contributed by atoms with Crippen molar-refractivity contribution in [3.05, 3.63) is 225 Å². The van der Waals surface area contributed by atoms with Crippen LogP contribution >= 0.6 is 11.3 Å². The molecule has 6 aromatic carbocycles. The third-order valence-electron chi connectivity index (χ3n) is 11.8. The van der Waals surface area contributed by atoms with E-state index in [9.17, 15) is 0 Å². The quantitative estimate of drug-likeness (QED) is 0.0953. The van der Waals surface area contributed by atoms with Crippen LogP contribution in [0.15, 0.2) is 175 Å². The van der Waals surface area contributed by atoms with Crippen molar-refractivity contribution in [1.82, 2.24) is 0 Å². The molecule has 7 aromatic rings. The summed E-state index contributed by atoms with van der Waals surface area (Å²) in [5.41, 5.74) is 18.8. The number of para-hydroxylation sites is 4. The minimum atomic E-state index is 0.633. The van der Waals surface area contributed by atoms with Gasteiger partial charge in [0.15, 0.2) is 0 Å². The van der Waals surface area contributed by atoms with Gasteiger partial charge in [0, 0.05) is 68.6 Å². The predicted octanol–water partition coefficient (Wildman–Crippen LogP) is 15.9. The topological polar surface area (TPSA) is 13.8 Å². The van der Waals surface area contributed by atoms with Crippen LogP contribution in [0.5, 0.6) is 0 Å². The number of hydrogen-bond donors (Lipinski definition) is 0. The Labute approximate surface area is 372 Å². The first kappa shape index (κ1) is 41.7. The van der Waals surface area contributed by atoms with E-state index in [0.29, 0.717) is 5.69 Å². The van der Waals surface area contributed by atoms with Crippen LogP contribution in [0.3, 0.4) is 0 Å². The lowest BCUT2D eigenvalue weighted by atomic mass is 9.91. The number of rotatable bonds is 11. The molecule has 0 saturated carbocycles. The van der Waals surface area contributed by atoms with Gasteiger partial charge in [0.25, 0.3) is 0 Å². The van der Waals surface area contributed by atoms with Crippen molar-refractivity contribution in [3.8, 4) is 11.1 Å². The van der Waals surface area contributed by atoms with Crippen LogP contribution in [0.2, 0.25) is 0 Å². The maximum absolute atomic E-state index is 8.92. The van der Waals surface area contributed by atoms with Crippen molar-refractivity contribution in [3.63, 3.8) is 0 Å². The third kappa shape index (κ3) is 7.98. The maximum atomic E-state index is 8.92. The van der Waals surface area contributed by atoms with Crippen LogP contribution in [-0.2, 0) is 0 Å². The number of allylic oxidation sites excluding steroid dienone is 5. The van der Waals surface area contributed by atoms with Crippen LogP contribution in [0.25, 0.3) is 21.5 Å². The molecule has 0 unspecified atom stereocenters. The number of nitrogens with zero attached hydrogens (tertiary/aromatic N) is 4. The summed E-state index contributed by atoms with van der Waals surface area (Å²) < 4.78 is 2.41. The molecule has 1 heterocycles. The summed E-state index contributed by atoms with van der Waals surface area (Å²) in [6.07, 6.45) is 9.06. The molecule has 0 N–H and O–H groups in total. The van der Waals surface area contributed by atoms with E-state index in [1.165, 1.54) is 33.6 Å². The van der Waals surface area contributed by atoms with E-state index in [0.717, 1.165) is 79.1 Å². The van der Waals surface area contributed by atoms with E-state index in [1.807, 2.05) is 12.1 Å². The molecule has 0 fully saturated rings. The highest BCUT2D eigenvalue weighted by Gasteiger charge is 2.30. The van der Waals surface area contributed by atoms with Gasteiger partial charge in [-0.25, -0.2) is 4.85 Å². The summed E-state index contributed by atoms with van der Waals surface area (Å²) in [6, 6.07) is 51.5. The Morgan fingerprint density at radius 1 is 0.597 bits per heavy atom. The standard InChI is InChI=1S/C57H53N4S/c1-9-59(54-40(4)22-19-23-41(54)5)47-35-31-45(32-36-47)51(46-33-37-48(38-34-46)60(10-2)55-42(6)24-20-25-43(55)7)56-52(44-26-13-11-14-27-44)53(58-8)57(62-56)61(49-28-15-12-16-29-49)50-30-18-17-21-39(50)3/h11-38H,9-10H2,1-7H3/q+1. The van der Waals surface area contributed by atoms with E-state index in [2.05, 4.69) is 225 Å². The molecule has 1 aliphatic carbocycles. The van der Waals surface area contributed by atoms with Crippen LogP contribution in [0.4, 0.5) is 39.1 Å². The molecule has 1 aliphatic rings. The molecular weight excluding hydrogens is 773 g/mol. The monoisotopic (exact) mass is 825 g/mol. The first-order chi connectivity index (χ1) is 30.2. The first-order valence-electron chi connectivity index (χ1n) is 21.5. The summed E-state index contributed by atoms with van der Waals surface area (Å²) >= 11 is 1.70. The number of thiophene rings is 1. The van der Waals surface area contributed by atoms with Crippen LogP contribution in [0, 0.1) is 41.2 Å². The highest BCUT2D eigenvalue weighted by molar-refractivity contribution is 7.18. The molecule has 5 heteroatoms. The summed E-state index contributed by atoms with van der Waals surface area (Å²) in [6.45, 7) is 26.0. The smallest absolute Gasteiger partial charge is 0.229 e. The van der Waals surface area contributed by atoms with Gasteiger partial charge in [0.1, 0.15) is 11.5 Å². The summed E-state index contributed by atoms with van der Waals surface area (Å²) in [7, 11) is 0. The molecule has 0 radical (unpaired) electrons. The van der Waals surface area contributed by atoms with Crippen LogP contribution < -0.4 is 9.80 Å². The lowest BCUT2D eigenvalue weighted by Gasteiger charge is -2.27. The van der Waals surface area contributed by atoms with E-state index in [4.69, 9.17) is 6.57 Å². The Balaban J connectivity index is 1.40. The summed E-state index contributed by atoms with van der Waals surface area (Å²) in [5.74, 6) is 0. The second-order valence-electron chi connectivity index (χ2n) is 15.8. The van der Waals surface area contributed by atoms with Crippen molar-refractivity contribution in [2.45, 2.75) is 48.5 Å². The highest BCUT2D eigenvalue weighted by Crippen LogP contribution is 2.56. The second-order valence-corrected chi connectivity index (χ2v) is 16.8. The van der Waals surface area contributed by atoms with Crippen LogP contribution in [0.1, 0.15) is 52.1 Å². The number of anilines is 5. The lowest BCUT2D eigenvalue weighted by Crippen LogP contribution is -2.18. The molecule has 4 nitrogen and oxygen atoms in total. The fourth-order valence-corrected chi connectivity index (χ4v) is 10.3. The minimum absolute atomic E-state index is 0.633.